The van der Waals surface area contributed by atoms with Crippen LogP contribution in [0.4, 0.5) is 0 Å². The zero-order chi connectivity index (χ0) is 13.8. The van der Waals surface area contributed by atoms with Gasteiger partial charge in [0.2, 0.25) is 11.7 Å². The van der Waals surface area contributed by atoms with Crippen LogP contribution < -0.4 is 5.32 Å². The molecule has 0 amide bonds. The molecule has 1 saturated heterocycles. The van der Waals surface area contributed by atoms with Crippen molar-refractivity contribution in [2.75, 3.05) is 20.2 Å². The number of hydrogen-bond donors (Lipinski definition) is 1. The van der Waals surface area contributed by atoms with E-state index >= 15 is 0 Å². The molecule has 0 spiro atoms. The molecule has 1 aliphatic heterocycles. The van der Waals surface area contributed by atoms with E-state index in [0.29, 0.717) is 5.92 Å². The number of hydrogen-bond acceptors (Lipinski definition) is 5. The van der Waals surface area contributed by atoms with Crippen molar-refractivity contribution >= 4 is 0 Å². The summed E-state index contributed by atoms with van der Waals surface area (Å²) >= 11 is 0. The van der Waals surface area contributed by atoms with Crippen molar-refractivity contribution < 1.29 is 9.26 Å². The summed E-state index contributed by atoms with van der Waals surface area (Å²) in [5.74, 6) is 2.16. The Hall–Kier alpha value is -0.940. The summed E-state index contributed by atoms with van der Waals surface area (Å²) in [7, 11) is 1.77. The van der Waals surface area contributed by atoms with Crippen molar-refractivity contribution in [3.8, 4) is 0 Å². The van der Waals surface area contributed by atoms with E-state index in [9.17, 15) is 0 Å². The third-order valence-corrected chi connectivity index (χ3v) is 4.79. The number of methoxy groups -OCH3 is 1. The molecule has 2 fully saturated rings. The highest BCUT2D eigenvalue weighted by atomic mass is 16.5. The van der Waals surface area contributed by atoms with Gasteiger partial charge in [-0.2, -0.15) is 4.98 Å². The molecule has 1 aromatic heterocycles. The predicted molar refractivity (Wildman–Crippen MR) is 75.4 cm³/mol. The zero-order valence-corrected chi connectivity index (χ0v) is 12.4. The van der Waals surface area contributed by atoms with E-state index in [-0.39, 0.29) is 5.60 Å². The van der Waals surface area contributed by atoms with Crippen molar-refractivity contribution in [2.24, 2.45) is 5.92 Å². The number of nitrogens with zero attached hydrogens (tertiary/aromatic N) is 2. The topological polar surface area (TPSA) is 60.2 Å². The molecular weight excluding hydrogens is 254 g/mol. The predicted octanol–water partition coefficient (Wildman–Crippen LogP) is 2.42. The highest BCUT2D eigenvalue weighted by molar-refractivity contribution is 5.03. The van der Waals surface area contributed by atoms with Gasteiger partial charge in [-0.1, -0.05) is 24.4 Å². The molecule has 1 saturated carbocycles. The quantitative estimate of drug-likeness (QED) is 0.917. The molecule has 1 aliphatic carbocycles. The first-order valence-electron chi connectivity index (χ1n) is 7.91. The van der Waals surface area contributed by atoms with Crippen LogP contribution in [0.25, 0.3) is 0 Å². The molecule has 0 radical (unpaired) electrons. The minimum atomic E-state index is -0.301. The molecule has 1 aromatic rings. The molecule has 20 heavy (non-hydrogen) atoms. The van der Waals surface area contributed by atoms with E-state index in [0.717, 1.165) is 44.1 Å². The Labute approximate surface area is 120 Å². The molecule has 5 nitrogen and oxygen atoms in total. The van der Waals surface area contributed by atoms with E-state index in [4.69, 9.17) is 9.26 Å². The van der Waals surface area contributed by atoms with E-state index in [1.165, 1.54) is 32.1 Å². The normalized spacial score (nSPS) is 26.6. The van der Waals surface area contributed by atoms with Gasteiger partial charge in [-0.25, -0.2) is 0 Å². The Balaban J connectivity index is 1.68. The van der Waals surface area contributed by atoms with Crippen LogP contribution in [0.1, 0.15) is 56.7 Å². The molecule has 0 bridgehead atoms. The molecule has 3 rings (SSSR count). The first-order valence-corrected chi connectivity index (χ1v) is 7.91. The van der Waals surface area contributed by atoms with Gasteiger partial charge in [0.1, 0.15) is 5.60 Å². The molecule has 0 aromatic carbocycles. The van der Waals surface area contributed by atoms with Crippen molar-refractivity contribution in [3.05, 3.63) is 11.7 Å². The largest absolute Gasteiger partial charge is 0.370 e. The summed E-state index contributed by atoms with van der Waals surface area (Å²) in [6.07, 6.45) is 9.05. The molecule has 2 aliphatic rings. The van der Waals surface area contributed by atoms with Crippen molar-refractivity contribution in [3.63, 3.8) is 0 Å². The van der Waals surface area contributed by atoms with Gasteiger partial charge < -0.3 is 14.6 Å². The van der Waals surface area contributed by atoms with Gasteiger partial charge in [0.05, 0.1) is 0 Å². The number of ether oxygens (including phenoxy) is 1. The lowest BCUT2D eigenvalue weighted by Gasteiger charge is -2.32. The third-order valence-electron chi connectivity index (χ3n) is 4.79. The fourth-order valence-electron chi connectivity index (χ4n) is 3.51. The minimum Gasteiger partial charge on any atom is -0.370 e. The zero-order valence-electron chi connectivity index (χ0n) is 12.4. The van der Waals surface area contributed by atoms with Crippen LogP contribution in [0.15, 0.2) is 4.52 Å². The van der Waals surface area contributed by atoms with Crippen LogP contribution >= 0.6 is 0 Å². The van der Waals surface area contributed by atoms with Crippen molar-refractivity contribution in [1.82, 2.24) is 15.5 Å². The van der Waals surface area contributed by atoms with Crippen LogP contribution in [-0.4, -0.2) is 30.3 Å². The minimum absolute atomic E-state index is 0.301. The maximum Gasteiger partial charge on any atom is 0.227 e. The summed E-state index contributed by atoms with van der Waals surface area (Å²) in [4.78, 5) is 4.64. The van der Waals surface area contributed by atoms with Gasteiger partial charge in [0, 0.05) is 13.5 Å². The maximum absolute atomic E-state index is 5.77. The highest BCUT2D eigenvalue weighted by Gasteiger charge is 2.38. The molecule has 5 heteroatoms. The summed E-state index contributed by atoms with van der Waals surface area (Å²) < 4.78 is 11.2. The van der Waals surface area contributed by atoms with E-state index in [1.807, 2.05) is 0 Å². The molecule has 1 unspecified atom stereocenters. The lowest BCUT2D eigenvalue weighted by Crippen LogP contribution is -2.32. The van der Waals surface area contributed by atoms with Crippen molar-refractivity contribution in [1.29, 1.82) is 0 Å². The monoisotopic (exact) mass is 279 g/mol. The Bertz CT molecular complexity index is 421. The van der Waals surface area contributed by atoms with Crippen molar-refractivity contribution in [2.45, 2.75) is 57.0 Å². The first kappa shape index (κ1) is 14.0. The van der Waals surface area contributed by atoms with Gasteiger partial charge in [-0.3, -0.25) is 0 Å². The van der Waals surface area contributed by atoms with Crippen LogP contribution in [0.3, 0.4) is 0 Å². The van der Waals surface area contributed by atoms with Crippen LogP contribution in [-0.2, 0) is 16.8 Å². The van der Waals surface area contributed by atoms with Gasteiger partial charge in [-0.15, -0.1) is 0 Å². The van der Waals surface area contributed by atoms with Crippen LogP contribution in [0.5, 0.6) is 0 Å². The average Bonchev–Trinajstić information content (AvgIpc) is 2.98. The summed E-state index contributed by atoms with van der Waals surface area (Å²) in [6.45, 7) is 2.20. The number of nitrogens with one attached hydrogen (secondary N) is 1. The first-order chi connectivity index (χ1) is 9.82. The molecule has 112 valence electrons. The maximum atomic E-state index is 5.77. The second-order valence-electron chi connectivity index (χ2n) is 6.19. The van der Waals surface area contributed by atoms with Crippen LogP contribution in [0, 0.1) is 5.92 Å². The smallest absolute Gasteiger partial charge is 0.227 e. The summed E-state index contributed by atoms with van der Waals surface area (Å²) in [5, 5.41) is 7.65. The molecule has 2 heterocycles. The van der Waals surface area contributed by atoms with Gasteiger partial charge in [-0.05, 0) is 44.7 Å². The Morgan fingerprint density at radius 2 is 2.15 bits per heavy atom. The Kier molecular flexibility index (Phi) is 4.36. The summed E-state index contributed by atoms with van der Waals surface area (Å²) in [6, 6.07) is 0. The third kappa shape index (κ3) is 2.88. The number of aromatic nitrogens is 2. The second-order valence-corrected chi connectivity index (χ2v) is 6.19. The standard InChI is InChI=1S/C15H25N3O2/c1-19-15(7-3-2-4-8-15)14-17-13(20-18-14)10-12-6-5-9-16-11-12/h12,16H,2-11H2,1H3. The highest BCUT2D eigenvalue weighted by Crippen LogP contribution is 2.38. The van der Waals surface area contributed by atoms with E-state index in [1.54, 1.807) is 7.11 Å². The Morgan fingerprint density at radius 1 is 1.30 bits per heavy atom. The Morgan fingerprint density at radius 3 is 2.85 bits per heavy atom. The van der Waals surface area contributed by atoms with E-state index in [2.05, 4.69) is 15.5 Å². The average molecular weight is 279 g/mol. The SMILES string of the molecule is COC1(c2noc(CC3CCCNC3)n2)CCCCC1. The number of rotatable bonds is 4. The lowest BCUT2D eigenvalue weighted by atomic mass is 9.84. The molecular formula is C15H25N3O2. The lowest BCUT2D eigenvalue weighted by molar-refractivity contribution is -0.0527. The fraction of sp³-hybridized carbons (Fsp3) is 0.867. The van der Waals surface area contributed by atoms with Crippen LogP contribution in [0.2, 0.25) is 0 Å². The summed E-state index contributed by atoms with van der Waals surface area (Å²) in [5.41, 5.74) is -0.301. The number of piperidine rings is 1. The second kappa shape index (κ2) is 6.22. The fourth-order valence-corrected chi connectivity index (χ4v) is 3.51. The van der Waals surface area contributed by atoms with E-state index < -0.39 is 0 Å². The molecule has 1 atom stereocenters. The van der Waals surface area contributed by atoms with Gasteiger partial charge in [0.25, 0.3) is 0 Å². The van der Waals surface area contributed by atoms with Gasteiger partial charge >= 0.3 is 0 Å². The molecule has 1 N–H and O–H groups in total. The van der Waals surface area contributed by atoms with Gasteiger partial charge in [0.15, 0.2) is 0 Å².